The Hall–Kier alpha value is -1.87. The van der Waals surface area contributed by atoms with Gasteiger partial charge in [-0.05, 0) is 24.2 Å². The quantitative estimate of drug-likeness (QED) is 0.844. The second kappa shape index (κ2) is 6.77. The van der Waals surface area contributed by atoms with E-state index in [1.807, 2.05) is 37.4 Å². The van der Waals surface area contributed by atoms with Crippen LogP contribution >= 0.6 is 0 Å². The number of nitrogens with one attached hydrogen (secondary N) is 1. The maximum Gasteiger partial charge on any atom is 0.213 e. The minimum atomic E-state index is 0.653. The van der Waals surface area contributed by atoms with E-state index in [1.54, 1.807) is 6.20 Å². The summed E-state index contributed by atoms with van der Waals surface area (Å²) < 4.78 is 5.66. The van der Waals surface area contributed by atoms with Gasteiger partial charge >= 0.3 is 0 Å². The molecule has 0 fully saturated rings. The predicted octanol–water partition coefficient (Wildman–Crippen LogP) is 2.42. The SMILES string of the molecule is CNCc1ccnc(OCCc2ccccc2)c1. The van der Waals surface area contributed by atoms with Crippen LogP contribution in [0.3, 0.4) is 0 Å². The summed E-state index contributed by atoms with van der Waals surface area (Å²) in [4.78, 5) is 4.20. The molecule has 0 aliphatic carbocycles. The van der Waals surface area contributed by atoms with E-state index in [0.717, 1.165) is 13.0 Å². The van der Waals surface area contributed by atoms with E-state index in [1.165, 1.54) is 11.1 Å². The smallest absolute Gasteiger partial charge is 0.213 e. The minimum absolute atomic E-state index is 0.653. The maximum atomic E-state index is 5.66. The highest BCUT2D eigenvalue weighted by atomic mass is 16.5. The Bertz CT molecular complexity index is 471. The molecule has 2 rings (SSSR count). The zero-order chi connectivity index (χ0) is 12.6. The van der Waals surface area contributed by atoms with Crippen LogP contribution in [-0.4, -0.2) is 18.6 Å². The van der Waals surface area contributed by atoms with E-state index in [-0.39, 0.29) is 0 Å². The largest absolute Gasteiger partial charge is 0.477 e. The third-order valence-electron chi connectivity index (χ3n) is 2.66. The van der Waals surface area contributed by atoms with Crippen molar-refractivity contribution < 1.29 is 4.74 Å². The third-order valence-corrected chi connectivity index (χ3v) is 2.66. The number of benzene rings is 1. The summed E-state index contributed by atoms with van der Waals surface area (Å²) in [5.74, 6) is 0.693. The van der Waals surface area contributed by atoms with Gasteiger partial charge in [0.25, 0.3) is 0 Å². The molecule has 2 aromatic rings. The molecule has 1 aromatic heterocycles. The van der Waals surface area contributed by atoms with Crippen molar-refractivity contribution >= 4 is 0 Å². The van der Waals surface area contributed by atoms with Gasteiger partial charge in [-0.1, -0.05) is 30.3 Å². The molecule has 0 bridgehead atoms. The molecule has 18 heavy (non-hydrogen) atoms. The molecule has 0 atom stereocenters. The van der Waals surface area contributed by atoms with Crippen molar-refractivity contribution in [2.75, 3.05) is 13.7 Å². The van der Waals surface area contributed by atoms with Crippen molar-refractivity contribution in [3.05, 3.63) is 59.8 Å². The lowest BCUT2D eigenvalue weighted by molar-refractivity contribution is 0.309. The first-order valence-corrected chi connectivity index (χ1v) is 6.15. The monoisotopic (exact) mass is 242 g/mol. The van der Waals surface area contributed by atoms with Gasteiger partial charge in [-0.15, -0.1) is 0 Å². The lowest BCUT2D eigenvalue weighted by Crippen LogP contribution is -2.06. The Morgan fingerprint density at radius 3 is 2.72 bits per heavy atom. The topological polar surface area (TPSA) is 34.2 Å². The number of pyridine rings is 1. The minimum Gasteiger partial charge on any atom is -0.477 e. The van der Waals surface area contributed by atoms with Gasteiger partial charge in [0.15, 0.2) is 0 Å². The molecule has 0 radical (unpaired) electrons. The standard InChI is InChI=1S/C15H18N2O/c1-16-12-14-7-9-17-15(11-14)18-10-8-13-5-3-2-4-6-13/h2-7,9,11,16H,8,10,12H2,1H3. The van der Waals surface area contributed by atoms with Gasteiger partial charge in [0.2, 0.25) is 5.88 Å². The molecule has 0 unspecified atom stereocenters. The van der Waals surface area contributed by atoms with Gasteiger partial charge in [-0.3, -0.25) is 0 Å². The highest BCUT2D eigenvalue weighted by Gasteiger charge is 1.98. The van der Waals surface area contributed by atoms with E-state index in [2.05, 4.69) is 22.4 Å². The normalized spacial score (nSPS) is 10.3. The summed E-state index contributed by atoms with van der Waals surface area (Å²) >= 11 is 0. The van der Waals surface area contributed by atoms with Crippen LogP contribution in [-0.2, 0) is 13.0 Å². The molecule has 0 saturated carbocycles. The first kappa shape index (κ1) is 12.6. The average Bonchev–Trinajstić information content (AvgIpc) is 2.41. The lowest BCUT2D eigenvalue weighted by atomic mass is 10.2. The molecule has 0 saturated heterocycles. The Kier molecular flexibility index (Phi) is 4.73. The molecule has 94 valence electrons. The fourth-order valence-electron chi connectivity index (χ4n) is 1.76. The number of rotatable bonds is 6. The molecule has 1 heterocycles. The molecule has 0 aliphatic rings. The van der Waals surface area contributed by atoms with Crippen LogP contribution in [0.2, 0.25) is 0 Å². The molecular formula is C15H18N2O. The zero-order valence-electron chi connectivity index (χ0n) is 10.6. The van der Waals surface area contributed by atoms with Crippen LogP contribution in [0.5, 0.6) is 5.88 Å². The molecule has 0 spiro atoms. The second-order valence-electron chi connectivity index (χ2n) is 4.12. The molecule has 1 aromatic carbocycles. The summed E-state index contributed by atoms with van der Waals surface area (Å²) in [5, 5.41) is 3.11. The third kappa shape index (κ3) is 3.86. The zero-order valence-corrected chi connectivity index (χ0v) is 10.6. The van der Waals surface area contributed by atoms with Crippen molar-refractivity contribution in [2.45, 2.75) is 13.0 Å². The van der Waals surface area contributed by atoms with Gasteiger partial charge in [-0.2, -0.15) is 0 Å². The summed E-state index contributed by atoms with van der Waals surface area (Å²) in [7, 11) is 1.93. The number of hydrogen-bond acceptors (Lipinski definition) is 3. The van der Waals surface area contributed by atoms with E-state index >= 15 is 0 Å². The highest BCUT2D eigenvalue weighted by Crippen LogP contribution is 2.10. The van der Waals surface area contributed by atoms with Crippen LogP contribution in [0.25, 0.3) is 0 Å². The van der Waals surface area contributed by atoms with Gasteiger partial charge in [0.05, 0.1) is 6.61 Å². The molecule has 3 nitrogen and oxygen atoms in total. The summed E-state index contributed by atoms with van der Waals surface area (Å²) in [6, 6.07) is 14.3. The van der Waals surface area contributed by atoms with E-state index in [9.17, 15) is 0 Å². The van der Waals surface area contributed by atoms with E-state index in [0.29, 0.717) is 12.5 Å². The first-order valence-electron chi connectivity index (χ1n) is 6.15. The fourth-order valence-corrected chi connectivity index (χ4v) is 1.76. The van der Waals surface area contributed by atoms with Crippen LogP contribution in [0.15, 0.2) is 48.7 Å². The van der Waals surface area contributed by atoms with Gasteiger partial charge in [0, 0.05) is 25.2 Å². The van der Waals surface area contributed by atoms with Crippen molar-refractivity contribution in [3.63, 3.8) is 0 Å². The van der Waals surface area contributed by atoms with Gasteiger partial charge in [-0.25, -0.2) is 4.98 Å². The highest BCUT2D eigenvalue weighted by molar-refractivity contribution is 5.20. The molecular weight excluding hydrogens is 224 g/mol. The first-order chi connectivity index (χ1) is 8.88. The predicted molar refractivity (Wildman–Crippen MR) is 72.6 cm³/mol. The van der Waals surface area contributed by atoms with Crippen molar-refractivity contribution in [1.29, 1.82) is 0 Å². The Balaban J connectivity index is 1.84. The molecule has 0 aliphatic heterocycles. The van der Waals surface area contributed by atoms with Crippen LogP contribution in [0.4, 0.5) is 0 Å². The number of hydrogen-bond donors (Lipinski definition) is 1. The molecule has 0 amide bonds. The Morgan fingerprint density at radius 2 is 1.94 bits per heavy atom. The van der Waals surface area contributed by atoms with Crippen LogP contribution < -0.4 is 10.1 Å². The summed E-state index contributed by atoms with van der Waals surface area (Å²) in [6.45, 7) is 1.48. The van der Waals surface area contributed by atoms with Crippen LogP contribution in [0.1, 0.15) is 11.1 Å². The molecule has 1 N–H and O–H groups in total. The Labute approximate surface area is 108 Å². The Morgan fingerprint density at radius 1 is 1.11 bits per heavy atom. The lowest BCUT2D eigenvalue weighted by Gasteiger charge is -2.07. The van der Waals surface area contributed by atoms with E-state index in [4.69, 9.17) is 4.74 Å². The number of ether oxygens (including phenoxy) is 1. The average molecular weight is 242 g/mol. The van der Waals surface area contributed by atoms with Gasteiger partial charge in [0.1, 0.15) is 0 Å². The second-order valence-corrected chi connectivity index (χ2v) is 4.12. The van der Waals surface area contributed by atoms with Crippen molar-refractivity contribution in [2.24, 2.45) is 0 Å². The van der Waals surface area contributed by atoms with Crippen molar-refractivity contribution in [1.82, 2.24) is 10.3 Å². The summed E-state index contributed by atoms with van der Waals surface area (Å²) in [5.41, 5.74) is 2.46. The van der Waals surface area contributed by atoms with Crippen LogP contribution in [0, 0.1) is 0 Å². The van der Waals surface area contributed by atoms with Gasteiger partial charge < -0.3 is 10.1 Å². The maximum absolute atomic E-state index is 5.66. The number of aromatic nitrogens is 1. The number of nitrogens with zero attached hydrogens (tertiary/aromatic N) is 1. The van der Waals surface area contributed by atoms with E-state index < -0.39 is 0 Å². The summed E-state index contributed by atoms with van der Waals surface area (Å²) in [6.07, 6.45) is 2.68. The molecule has 3 heteroatoms. The van der Waals surface area contributed by atoms with Crippen molar-refractivity contribution in [3.8, 4) is 5.88 Å². The fraction of sp³-hybridized carbons (Fsp3) is 0.267.